The predicted octanol–water partition coefficient (Wildman–Crippen LogP) is 3.11. The maximum absolute atomic E-state index is 4.24. The number of hydrogen-bond acceptors (Lipinski definition) is 2. The van der Waals surface area contributed by atoms with Gasteiger partial charge in [0.15, 0.2) is 0 Å². The maximum atomic E-state index is 4.24. The predicted molar refractivity (Wildman–Crippen MR) is 70.6 cm³/mol. The van der Waals surface area contributed by atoms with Crippen LogP contribution in [0, 0.1) is 0 Å². The highest BCUT2D eigenvalue weighted by atomic mass is 15.2. The zero-order valence-corrected chi connectivity index (χ0v) is 10.5. The van der Waals surface area contributed by atoms with E-state index in [1.54, 1.807) is 0 Å². The molecule has 2 bridgehead atoms. The van der Waals surface area contributed by atoms with E-state index in [4.69, 9.17) is 0 Å². The SMILES string of the molecule is CCN1C2C=C(c3cccnc3)CC1CCC2. The summed E-state index contributed by atoms with van der Waals surface area (Å²) in [5, 5.41) is 0. The fourth-order valence-corrected chi connectivity index (χ4v) is 3.38. The monoisotopic (exact) mass is 228 g/mol. The first kappa shape index (κ1) is 11.0. The average Bonchev–Trinajstić information content (AvgIpc) is 2.38. The number of pyridine rings is 1. The van der Waals surface area contributed by atoms with Gasteiger partial charge in [-0.25, -0.2) is 0 Å². The molecule has 1 saturated heterocycles. The van der Waals surface area contributed by atoms with Gasteiger partial charge < -0.3 is 0 Å². The van der Waals surface area contributed by atoms with Crippen molar-refractivity contribution < 1.29 is 0 Å². The summed E-state index contributed by atoms with van der Waals surface area (Å²) in [5.41, 5.74) is 2.83. The van der Waals surface area contributed by atoms with Crippen LogP contribution in [0.2, 0.25) is 0 Å². The molecule has 0 N–H and O–H groups in total. The second kappa shape index (κ2) is 4.61. The van der Waals surface area contributed by atoms with Crippen molar-refractivity contribution in [2.45, 2.75) is 44.7 Å². The average molecular weight is 228 g/mol. The first-order chi connectivity index (χ1) is 8.38. The van der Waals surface area contributed by atoms with Gasteiger partial charge in [-0.3, -0.25) is 9.88 Å². The maximum Gasteiger partial charge on any atom is 0.0342 e. The molecule has 0 radical (unpaired) electrons. The fourth-order valence-electron chi connectivity index (χ4n) is 3.38. The molecule has 3 heterocycles. The van der Waals surface area contributed by atoms with Gasteiger partial charge in [-0.15, -0.1) is 0 Å². The lowest BCUT2D eigenvalue weighted by molar-refractivity contribution is 0.110. The highest BCUT2D eigenvalue weighted by molar-refractivity contribution is 5.67. The minimum Gasteiger partial charge on any atom is -0.294 e. The van der Waals surface area contributed by atoms with Crippen LogP contribution in [0.5, 0.6) is 0 Å². The Hall–Kier alpha value is -1.15. The molecule has 2 heteroatoms. The number of likely N-dealkylation sites (N-methyl/N-ethyl adjacent to an activating group) is 1. The summed E-state index contributed by atoms with van der Waals surface area (Å²) in [6.45, 7) is 3.47. The molecule has 2 atom stereocenters. The number of aromatic nitrogens is 1. The summed E-state index contributed by atoms with van der Waals surface area (Å²) in [4.78, 5) is 6.91. The topological polar surface area (TPSA) is 16.1 Å². The van der Waals surface area contributed by atoms with Crippen molar-refractivity contribution in [2.24, 2.45) is 0 Å². The van der Waals surface area contributed by atoms with E-state index in [9.17, 15) is 0 Å². The third kappa shape index (κ3) is 2.02. The number of rotatable bonds is 2. The van der Waals surface area contributed by atoms with Gasteiger partial charge in [-0.2, -0.15) is 0 Å². The summed E-state index contributed by atoms with van der Waals surface area (Å²) in [6, 6.07) is 5.66. The Morgan fingerprint density at radius 3 is 3.06 bits per heavy atom. The van der Waals surface area contributed by atoms with Crippen LogP contribution in [0.3, 0.4) is 0 Å². The molecule has 2 aliphatic heterocycles. The summed E-state index contributed by atoms with van der Waals surface area (Å²) in [6.07, 6.45) is 11.6. The van der Waals surface area contributed by atoms with Crippen LogP contribution in [0.25, 0.3) is 5.57 Å². The lowest BCUT2D eigenvalue weighted by Gasteiger charge is -2.44. The molecule has 1 aromatic rings. The molecular formula is C15H20N2. The number of piperidine rings is 1. The van der Waals surface area contributed by atoms with Crippen LogP contribution in [0.15, 0.2) is 30.6 Å². The quantitative estimate of drug-likeness (QED) is 0.773. The molecule has 0 amide bonds. The third-order valence-electron chi connectivity index (χ3n) is 4.18. The minimum absolute atomic E-state index is 0.669. The Morgan fingerprint density at radius 2 is 2.35 bits per heavy atom. The second-order valence-corrected chi connectivity index (χ2v) is 5.12. The first-order valence-corrected chi connectivity index (χ1v) is 6.75. The molecule has 2 unspecified atom stereocenters. The molecule has 2 aliphatic rings. The van der Waals surface area contributed by atoms with Crippen molar-refractivity contribution in [1.29, 1.82) is 0 Å². The molecule has 3 rings (SSSR count). The van der Waals surface area contributed by atoms with Gasteiger partial charge in [-0.1, -0.05) is 25.5 Å². The van der Waals surface area contributed by atoms with Crippen LogP contribution in [0.4, 0.5) is 0 Å². The Bertz CT molecular complexity index is 410. The smallest absolute Gasteiger partial charge is 0.0342 e. The molecular weight excluding hydrogens is 208 g/mol. The Morgan fingerprint density at radius 1 is 1.41 bits per heavy atom. The molecule has 0 saturated carbocycles. The lowest BCUT2D eigenvalue weighted by atomic mass is 9.83. The number of nitrogens with zero attached hydrogens (tertiary/aromatic N) is 2. The van der Waals surface area contributed by atoms with E-state index in [0.29, 0.717) is 6.04 Å². The van der Waals surface area contributed by atoms with Crippen LogP contribution in [0.1, 0.15) is 38.2 Å². The summed E-state index contributed by atoms with van der Waals surface area (Å²) in [7, 11) is 0. The second-order valence-electron chi connectivity index (χ2n) is 5.12. The van der Waals surface area contributed by atoms with Gasteiger partial charge in [0.25, 0.3) is 0 Å². The van der Waals surface area contributed by atoms with E-state index in [0.717, 1.165) is 6.04 Å². The van der Waals surface area contributed by atoms with Crippen LogP contribution < -0.4 is 0 Å². The molecule has 0 aromatic carbocycles. The molecule has 1 fully saturated rings. The highest BCUT2D eigenvalue weighted by Gasteiger charge is 2.32. The minimum atomic E-state index is 0.669. The van der Waals surface area contributed by atoms with Crippen molar-refractivity contribution in [3.05, 3.63) is 36.2 Å². The van der Waals surface area contributed by atoms with Gasteiger partial charge in [-0.05, 0) is 43.0 Å². The molecule has 90 valence electrons. The van der Waals surface area contributed by atoms with Crippen molar-refractivity contribution >= 4 is 5.57 Å². The molecule has 17 heavy (non-hydrogen) atoms. The zero-order valence-electron chi connectivity index (χ0n) is 10.5. The molecule has 0 aliphatic carbocycles. The van der Waals surface area contributed by atoms with Crippen molar-refractivity contribution in [2.75, 3.05) is 6.54 Å². The lowest BCUT2D eigenvalue weighted by Crippen LogP contribution is -2.48. The van der Waals surface area contributed by atoms with Crippen molar-refractivity contribution in [3.63, 3.8) is 0 Å². The van der Waals surface area contributed by atoms with E-state index < -0.39 is 0 Å². The first-order valence-electron chi connectivity index (χ1n) is 6.75. The molecule has 2 nitrogen and oxygen atoms in total. The van der Waals surface area contributed by atoms with Gasteiger partial charge in [0.1, 0.15) is 0 Å². The van der Waals surface area contributed by atoms with Crippen LogP contribution >= 0.6 is 0 Å². The largest absolute Gasteiger partial charge is 0.294 e. The van der Waals surface area contributed by atoms with Crippen molar-refractivity contribution in [3.8, 4) is 0 Å². The number of fused-ring (bicyclic) bond motifs is 2. The van der Waals surface area contributed by atoms with Crippen LogP contribution in [-0.2, 0) is 0 Å². The summed E-state index contributed by atoms with van der Waals surface area (Å²) >= 11 is 0. The van der Waals surface area contributed by atoms with Gasteiger partial charge in [0.2, 0.25) is 0 Å². The summed E-state index contributed by atoms with van der Waals surface area (Å²) in [5.74, 6) is 0. The van der Waals surface area contributed by atoms with Crippen molar-refractivity contribution in [1.82, 2.24) is 9.88 Å². The third-order valence-corrected chi connectivity index (χ3v) is 4.18. The highest BCUT2D eigenvalue weighted by Crippen LogP contribution is 2.36. The van der Waals surface area contributed by atoms with Crippen LogP contribution in [-0.4, -0.2) is 28.5 Å². The fraction of sp³-hybridized carbons (Fsp3) is 0.533. The van der Waals surface area contributed by atoms with Gasteiger partial charge in [0.05, 0.1) is 0 Å². The standard InChI is InChI=1S/C15H20N2/c1-2-17-14-6-3-7-15(17)10-13(9-14)12-5-4-8-16-11-12/h4-5,8-9,11,14-15H,2-3,6-7,10H2,1H3. The van der Waals surface area contributed by atoms with E-state index in [1.165, 1.54) is 43.4 Å². The Balaban J connectivity index is 1.91. The van der Waals surface area contributed by atoms with E-state index in [1.807, 2.05) is 18.5 Å². The zero-order chi connectivity index (χ0) is 11.7. The summed E-state index contributed by atoms with van der Waals surface area (Å²) < 4.78 is 0. The van der Waals surface area contributed by atoms with E-state index >= 15 is 0 Å². The van der Waals surface area contributed by atoms with Gasteiger partial charge in [0, 0.05) is 24.5 Å². The van der Waals surface area contributed by atoms with Gasteiger partial charge >= 0.3 is 0 Å². The molecule has 0 spiro atoms. The number of hydrogen-bond donors (Lipinski definition) is 0. The Labute approximate surface area is 103 Å². The Kier molecular flexibility index (Phi) is 2.98. The normalized spacial score (nSPS) is 28.9. The molecule has 1 aromatic heterocycles. The van der Waals surface area contributed by atoms with E-state index in [-0.39, 0.29) is 0 Å². The van der Waals surface area contributed by atoms with E-state index in [2.05, 4.69) is 29.0 Å².